The number of ketones is 1. The molecule has 0 fully saturated rings. The molecule has 0 saturated heterocycles. The van der Waals surface area contributed by atoms with Gasteiger partial charge in [0.2, 0.25) is 5.78 Å². The van der Waals surface area contributed by atoms with Gasteiger partial charge in [0, 0.05) is 23.6 Å². The summed E-state index contributed by atoms with van der Waals surface area (Å²) in [5, 5.41) is 4.39. The highest BCUT2D eigenvalue weighted by molar-refractivity contribution is 6.30. The Kier molecular flexibility index (Phi) is 5.61. The first-order valence-electron chi connectivity index (χ1n) is 9.05. The third-order valence-corrected chi connectivity index (χ3v) is 4.88. The fraction of sp³-hybridized carbons (Fsp3) is 0.136. The minimum absolute atomic E-state index is 0.0865. The fourth-order valence-corrected chi connectivity index (χ4v) is 3.34. The number of allylic oxidation sites excluding steroid dienone is 1. The number of halogens is 2. The van der Waals surface area contributed by atoms with Crippen molar-refractivity contribution < 1.29 is 23.6 Å². The highest BCUT2D eigenvalue weighted by Crippen LogP contribution is 2.37. The Balaban J connectivity index is 1.48. The lowest BCUT2D eigenvalue weighted by atomic mass is 10.0. The van der Waals surface area contributed by atoms with Crippen LogP contribution in [0, 0.1) is 6.92 Å². The quantitative estimate of drug-likeness (QED) is 0.296. The lowest BCUT2D eigenvalue weighted by Crippen LogP contribution is -2.09. The summed E-state index contributed by atoms with van der Waals surface area (Å²) in [6, 6.07) is 11.8. The standard InChI is InChI=1S/C22H15Cl2NO5/c1-12-8-16(28-20(26)7-6-15-11-19(24)25-30-15)10-17-21(12)22(27)18(29-17)9-13-2-4-14(23)5-3-13/h2-5,8-11H,6-7H2,1H3/b18-9-. The van der Waals surface area contributed by atoms with Gasteiger partial charge < -0.3 is 14.0 Å². The zero-order valence-electron chi connectivity index (χ0n) is 15.8. The van der Waals surface area contributed by atoms with Crippen molar-refractivity contribution in [2.75, 3.05) is 0 Å². The van der Waals surface area contributed by atoms with E-state index < -0.39 is 5.97 Å². The number of rotatable bonds is 5. The SMILES string of the molecule is Cc1cc(OC(=O)CCc2cc(Cl)no2)cc2c1C(=O)/C(=C/c1ccc(Cl)cc1)O2. The Bertz CT molecular complexity index is 1160. The van der Waals surface area contributed by atoms with Crippen LogP contribution in [-0.2, 0) is 11.2 Å². The van der Waals surface area contributed by atoms with Crippen LogP contribution in [0.3, 0.4) is 0 Å². The molecule has 0 saturated carbocycles. The number of ether oxygens (including phenoxy) is 2. The maximum Gasteiger partial charge on any atom is 0.311 e. The molecule has 152 valence electrons. The number of benzene rings is 2. The summed E-state index contributed by atoms with van der Waals surface area (Å²) in [6.07, 6.45) is 2.04. The second-order valence-corrected chi connectivity index (χ2v) is 7.52. The van der Waals surface area contributed by atoms with Crippen LogP contribution in [-0.4, -0.2) is 16.9 Å². The highest BCUT2D eigenvalue weighted by Gasteiger charge is 2.30. The molecule has 1 aromatic heterocycles. The Labute approximate surface area is 182 Å². The minimum Gasteiger partial charge on any atom is -0.452 e. The van der Waals surface area contributed by atoms with E-state index in [1.54, 1.807) is 49.4 Å². The molecule has 4 rings (SSSR count). The average Bonchev–Trinajstić information content (AvgIpc) is 3.25. The van der Waals surface area contributed by atoms with Crippen molar-refractivity contribution in [3.05, 3.63) is 80.9 Å². The van der Waals surface area contributed by atoms with Crippen molar-refractivity contribution in [2.24, 2.45) is 0 Å². The molecule has 30 heavy (non-hydrogen) atoms. The summed E-state index contributed by atoms with van der Waals surface area (Å²) < 4.78 is 16.1. The Morgan fingerprint density at radius 3 is 2.63 bits per heavy atom. The molecule has 0 amide bonds. The molecular formula is C22H15Cl2NO5. The molecule has 6 nitrogen and oxygen atoms in total. The van der Waals surface area contributed by atoms with Gasteiger partial charge in [-0.1, -0.05) is 40.5 Å². The topological polar surface area (TPSA) is 78.6 Å². The maximum atomic E-state index is 12.7. The number of fused-ring (bicyclic) bond motifs is 1. The molecule has 0 radical (unpaired) electrons. The van der Waals surface area contributed by atoms with Gasteiger partial charge in [0.1, 0.15) is 17.3 Å². The smallest absolute Gasteiger partial charge is 0.311 e. The predicted octanol–water partition coefficient (Wildman–Crippen LogP) is 5.44. The lowest BCUT2D eigenvalue weighted by Gasteiger charge is -2.07. The van der Waals surface area contributed by atoms with Gasteiger partial charge in [-0.25, -0.2) is 0 Å². The predicted molar refractivity (Wildman–Crippen MR) is 111 cm³/mol. The zero-order chi connectivity index (χ0) is 21.3. The van der Waals surface area contributed by atoms with Crippen molar-refractivity contribution in [1.82, 2.24) is 5.16 Å². The number of esters is 1. The van der Waals surface area contributed by atoms with E-state index in [1.165, 1.54) is 6.07 Å². The van der Waals surface area contributed by atoms with Crippen molar-refractivity contribution in [2.45, 2.75) is 19.8 Å². The largest absolute Gasteiger partial charge is 0.452 e. The zero-order valence-corrected chi connectivity index (χ0v) is 17.3. The van der Waals surface area contributed by atoms with Crippen molar-refractivity contribution >= 4 is 41.0 Å². The van der Waals surface area contributed by atoms with Gasteiger partial charge in [0.25, 0.3) is 0 Å². The van der Waals surface area contributed by atoms with Crippen LogP contribution in [0.5, 0.6) is 11.5 Å². The summed E-state index contributed by atoms with van der Waals surface area (Å²) in [4.78, 5) is 24.9. The lowest BCUT2D eigenvalue weighted by molar-refractivity contribution is -0.134. The first-order chi connectivity index (χ1) is 14.4. The second-order valence-electron chi connectivity index (χ2n) is 6.69. The van der Waals surface area contributed by atoms with E-state index in [2.05, 4.69) is 5.16 Å². The third kappa shape index (κ3) is 4.40. The molecule has 1 aliphatic heterocycles. The number of hydrogen-bond donors (Lipinski definition) is 0. The molecular weight excluding hydrogens is 429 g/mol. The first kappa shape index (κ1) is 20.2. The molecule has 3 aromatic rings. The molecule has 2 heterocycles. The summed E-state index contributed by atoms with van der Waals surface area (Å²) in [5.41, 5.74) is 1.89. The van der Waals surface area contributed by atoms with E-state index in [0.29, 0.717) is 39.8 Å². The molecule has 8 heteroatoms. The number of aromatic nitrogens is 1. The van der Waals surface area contributed by atoms with E-state index in [0.717, 1.165) is 5.56 Å². The van der Waals surface area contributed by atoms with Crippen LogP contribution >= 0.6 is 23.2 Å². The number of carbonyl (C=O) groups excluding carboxylic acids is 2. The van der Waals surface area contributed by atoms with E-state index in [1.807, 2.05) is 0 Å². The van der Waals surface area contributed by atoms with Gasteiger partial charge in [-0.15, -0.1) is 0 Å². The fourth-order valence-electron chi connectivity index (χ4n) is 3.06. The highest BCUT2D eigenvalue weighted by atomic mass is 35.5. The first-order valence-corrected chi connectivity index (χ1v) is 9.81. The monoisotopic (exact) mass is 443 g/mol. The van der Waals surface area contributed by atoms with Gasteiger partial charge in [-0.05, 0) is 42.3 Å². The van der Waals surface area contributed by atoms with Crippen LogP contribution in [0.4, 0.5) is 0 Å². The summed E-state index contributed by atoms with van der Waals surface area (Å²) in [6.45, 7) is 1.76. The van der Waals surface area contributed by atoms with Crippen molar-refractivity contribution in [1.29, 1.82) is 0 Å². The van der Waals surface area contributed by atoms with Crippen LogP contribution in [0.25, 0.3) is 6.08 Å². The number of hydrogen-bond acceptors (Lipinski definition) is 6. The van der Waals surface area contributed by atoms with E-state index >= 15 is 0 Å². The molecule has 2 aromatic carbocycles. The molecule has 0 bridgehead atoms. The van der Waals surface area contributed by atoms with Crippen molar-refractivity contribution in [3.8, 4) is 11.5 Å². The molecule has 0 unspecified atom stereocenters. The summed E-state index contributed by atoms with van der Waals surface area (Å²) in [7, 11) is 0. The average molecular weight is 444 g/mol. The van der Waals surface area contributed by atoms with Gasteiger partial charge in [-0.2, -0.15) is 0 Å². The molecule has 0 atom stereocenters. The number of nitrogens with zero attached hydrogens (tertiary/aromatic N) is 1. The summed E-state index contributed by atoms with van der Waals surface area (Å²) in [5.74, 6) is 0.659. The van der Waals surface area contributed by atoms with Gasteiger partial charge in [-0.3, -0.25) is 9.59 Å². The second kappa shape index (κ2) is 8.34. The normalized spacial score (nSPS) is 14.0. The molecule has 0 aliphatic carbocycles. The number of aryl methyl sites for hydroxylation is 2. The van der Waals surface area contributed by atoms with Gasteiger partial charge >= 0.3 is 5.97 Å². The van der Waals surface area contributed by atoms with E-state index in [9.17, 15) is 9.59 Å². The van der Waals surface area contributed by atoms with Gasteiger partial charge in [0.05, 0.1) is 12.0 Å². The Morgan fingerprint density at radius 2 is 1.93 bits per heavy atom. The van der Waals surface area contributed by atoms with Crippen LogP contribution in [0.15, 0.2) is 52.7 Å². The van der Waals surface area contributed by atoms with Crippen LogP contribution in [0.2, 0.25) is 10.2 Å². The van der Waals surface area contributed by atoms with Crippen LogP contribution < -0.4 is 9.47 Å². The third-order valence-electron chi connectivity index (χ3n) is 4.45. The summed E-state index contributed by atoms with van der Waals surface area (Å²) >= 11 is 11.6. The maximum absolute atomic E-state index is 12.7. The Hall–Kier alpha value is -3.09. The van der Waals surface area contributed by atoms with Crippen LogP contribution in [0.1, 0.15) is 33.7 Å². The van der Waals surface area contributed by atoms with E-state index in [-0.39, 0.29) is 23.1 Å². The molecule has 0 N–H and O–H groups in total. The number of Topliss-reactive ketones (excluding diaryl/α,β-unsaturated/α-hetero) is 1. The minimum atomic E-state index is -0.455. The van der Waals surface area contributed by atoms with Crippen molar-refractivity contribution in [3.63, 3.8) is 0 Å². The van der Waals surface area contributed by atoms with Gasteiger partial charge in [0.15, 0.2) is 10.9 Å². The number of carbonyl (C=O) groups is 2. The molecule has 1 aliphatic rings. The van der Waals surface area contributed by atoms with E-state index in [4.69, 9.17) is 37.2 Å². The molecule has 0 spiro atoms. The Morgan fingerprint density at radius 1 is 1.17 bits per heavy atom.